The molecular weight excluding hydrogens is 456 g/mol. The van der Waals surface area contributed by atoms with Gasteiger partial charge < -0.3 is 15.5 Å². The molecule has 0 radical (unpaired) electrons. The van der Waals surface area contributed by atoms with Crippen LogP contribution in [0.5, 0.6) is 6.01 Å². The number of nitrogens with one attached hydrogen (secondary N) is 2. The van der Waals surface area contributed by atoms with Crippen molar-refractivity contribution in [1.82, 2.24) is 24.2 Å². The second-order valence-corrected chi connectivity index (χ2v) is 9.29. The fourth-order valence-electron chi connectivity index (χ4n) is 3.09. The quantitative estimate of drug-likeness (QED) is 0.265. The predicted octanol–water partition coefficient (Wildman–Crippen LogP) is 2.38. The minimum atomic E-state index is -3.63. The third-order valence-corrected chi connectivity index (χ3v) is 6.59. The molecule has 0 unspecified atom stereocenters. The molecule has 0 fully saturated rings. The van der Waals surface area contributed by atoms with Gasteiger partial charge in [-0.15, -0.1) is 11.6 Å². The number of fused-ring (bicyclic) bond motifs is 1. The second kappa shape index (κ2) is 10.8. The van der Waals surface area contributed by atoms with Gasteiger partial charge in [-0.05, 0) is 37.0 Å². The lowest BCUT2D eigenvalue weighted by Gasteiger charge is -2.08. The third kappa shape index (κ3) is 5.78. The zero-order valence-electron chi connectivity index (χ0n) is 17.8. The molecule has 12 heteroatoms. The van der Waals surface area contributed by atoms with Crippen LogP contribution >= 0.6 is 11.6 Å². The largest absolute Gasteiger partial charge is 0.463 e. The van der Waals surface area contributed by atoms with Crippen LogP contribution in [0.15, 0.2) is 34.0 Å². The fraction of sp³-hybridized carbons (Fsp3) is 0.450. The van der Waals surface area contributed by atoms with E-state index in [1.807, 2.05) is 6.92 Å². The van der Waals surface area contributed by atoms with Gasteiger partial charge in [-0.1, -0.05) is 25.5 Å². The molecule has 3 rings (SSSR count). The molecule has 0 spiro atoms. The third-order valence-electron chi connectivity index (χ3n) is 4.82. The van der Waals surface area contributed by atoms with Crippen LogP contribution in [0.2, 0.25) is 0 Å². The number of sulfonamides is 1. The standard InChI is InChI=1S/C20H27ClN6O4S/c1-2-3-11-31-19-25-17(22)16-18(26-19)27(20(28)24-16)10-5-4-9-23-32(29,30)15-8-6-7-14(12-15)13-21/h6-8,12,23H,2-5,9-11,13H2,1H3,(H,24,28)(H2,22,25,26). The first-order valence-electron chi connectivity index (χ1n) is 10.4. The Morgan fingerprint density at radius 2 is 2.06 bits per heavy atom. The van der Waals surface area contributed by atoms with Gasteiger partial charge in [0.15, 0.2) is 11.5 Å². The Morgan fingerprint density at radius 3 is 2.81 bits per heavy atom. The summed E-state index contributed by atoms with van der Waals surface area (Å²) in [5.74, 6) is 0.381. The number of hydrogen-bond acceptors (Lipinski definition) is 7. The molecule has 174 valence electrons. The molecule has 2 heterocycles. The van der Waals surface area contributed by atoms with Crippen molar-refractivity contribution in [1.29, 1.82) is 0 Å². The summed E-state index contributed by atoms with van der Waals surface area (Å²) in [5, 5.41) is 0. The van der Waals surface area contributed by atoms with Crippen LogP contribution in [0.1, 0.15) is 38.2 Å². The van der Waals surface area contributed by atoms with E-state index in [4.69, 9.17) is 22.1 Å². The molecule has 10 nitrogen and oxygen atoms in total. The first-order chi connectivity index (χ1) is 15.4. The maximum absolute atomic E-state index is 12.4. The van der Waals surface area contributed by atoms with Gasteiger partial charge in [-0.3, -0.25) is 4.57 Å². The number of aromatic amines is 1. The molecule has 0 bridgehead atoms. The van der Waals surface area contributed by atoms with E-state index >= 15 is 0 Å². The number of nitrogens with zero attached hydrogens (tertiary/aromatic N) is 3. The van der Waals surface area contributed by atoms with Crippen molar-refractivity contribution in [2.75, 3.05) is 18.9 Å². The minimum Gasteiger partial charge on any atom is -0.463 e. The molecule has 4 N–H and O–H groups in total. The number of ether oxygens (including phenoxy) is 1. The number of hydrogen-bond donors (Lipinski definition) is 3. The number of halogens is 1. The van der Waals surface area contributed by atoms with Gasteiger partial charge >= 0.3 is 11.7 Å². The number of benzene rings is 1. The highest BCUT2D eigenvalue weighted by Crippen LogP contribution is 2.18. The van der Waals surface area contributed by atoms with Gasteiger partial charge in [0.05, 0.1) is 11.5 Å². The lowest BCUT2D eigenvalue weighted by molar-refractivity contribution is 0.286. The Kier molecular flexibility index (Phi) is 8.10. The van der Waals surface area contributed by atoms with Gasteiger partial charge in [-0.25, -0.2) is 17.9 Å². The van der Waals surface area contributed by atoms with Gasteiger partial charge in [0, 0.05) is 19.0 Å². The summed E-state index contributed by atoms with van der Waals surface area (Å²) in [7, 11) is -3.63. The van der Waals surface area contributed by atoms with Crippen LogP contribution in [-0.4, -0.2) is 41.1 Å². The molecule has 0 aliphatic heterocycles. The van der Waals surface area contributed by atoms with Crippen LogP contribution < -0.4 is 20.9 Å². The second-order valence-electron chi connectivity index (χ2n) is 7.26. The lowest BCUT2D eigenvalue weighted by Crippen LogP contribution is -2.25. The minimum absolute atomic E-state index is 0.128. The van der Waals surface area contributed by atoms with Gasteiger partial charge in [0.2, 0.25) is 10.0 Å². The number of H-pyrrole nitrogens is 1. The maximum atomic E-state index is 12.4. The Labute approximate surface area is 191 Å². The van der Waals surface area contributed by atoms with E-state index in [1.165, 1.54) is 10.6 Å². The summed E-state index contributed by atoms with van der Waals surface area (Å²) in [6.45, 7) is 3.08. The van der Waals surface area contributed by atoms with Crippen LogP contribution in [0.25, 0.3) is 11.2 Å². The van der Waals surface area contributed by atoms with E-state index in [0.717, 1.165) is 18.4 Å². The highest BCUT2D eigenvalue weighted by Gasteiger charge is 2.16. The molecule has 3 aromatic rings. The SMILES string of the molecule is CCCCOc1nc(N)c2[nH]c(=O)n(CCCCNS(=O)(=O)c3cccc(CCl)c3)c2n1. The van der Waals surface area contributed by atoms with E-state index in [0.29, 0.717) is 37.2 Å². The van der Waals surface area contributed by atoms with Gasteiger partial charge in [0.25, 0.3) is 0 Å². The molecule has 2 aromatic heterocycles. The van der Waals surface area contributed by atoms with E-state index in [1.54, 1.807) is 18.2 Å². The first-order valence-corrected chi connectivity index (χ1v) is 12.4. The number of rotatable bonds is 12. The van der Waals surface area contributed by atoms with Crippen molar-refractivity contribution in [3.05, 3.63) is 40.3 Å². The number of nitrogens with two attached hydrogens (primary N) is 1. The van der Waals surface area contributed by atoms with Crippen LogP contribution in [-0.2, 0) is 22.4 Å². The van der Waals surface area contributed by atoms with Crippen molar-refractivity contribution in [2.45, 2.75) is 49.9 Å². The highest BCUT2D eigenvalue weighted by molar-refractivity contribution is 7.89. The van der Waals surface area contributed by atoms with Crippen molar-refractivity contribution in [3.63, 3.8) is 0 Å². The summed E-state index contributed by atoms with van der Waals surface area (Å²) >= 11 is 5.78. The Morgan fingerprint density at radius 1 is 1.25 bits per heavy atom. The average molecular weight is 483 g/mol. The van der Waals surface area contributed by atoms with Gasteiger partial charge in [0.1, 0.15) is 5.52 Å². The molecule has 32 heavy (non-hydrogen) atoms. The van der Waals surface area contributed by atoms with E-state index < -0.39 is 10.0 Å². The van der Waals surface area contributed by atoms with Crippen molar-refractivity contribution < 1.29 is 13.2 Å². The maximum Gasteiger partial charge on any atom is 0.327 e. The van der Waals surface area contributed by atoms with Crippen molar-refractivity contribution >= 4 is 38.6 Å². The monoisotopic (exact) mass is 482 g/mol. The molecule has 0 saturated carbocycles. The molecule has 0 atom stereocenters. The van der Waals surface area contributed by atoms with Crippen molar-refractivity contribution in [2.24, 2.45) is 0 Å². The summed E-state index contributed by atoms with van der Waals surface area (Å²) in [6, 6.07) is 6.62. The summed E-state index contributed by atoms with van der Waals surface area (Å²) < 4.78 is 34.4. The Hall–Kier alpha value is -2.63. The Bertz CT molecular complexity index is 1220. The van der Waals surface area contributed by atoms with E-state index in [2.05, 4.69) is 19.7 Å². The zero-order chi connectivity index (χ0) is 23.1. The average Bonchev–Trinajstić information content (AvgIpc) is 3.09. The lowest BCUT2D eigenvalue weighted by atomic mass is 10.2. The molecular formula is C20H27ClN6O4S. The van der Waals surface area contributed by atoms with Crippen LogP contribution in [0.4, 0.5) is 5.82 Å². The highest BCUT2D eigenvalue weighted by atomic mass is 35.5. The summed E-state index contributed by atoms with van der Waals surface area (Å²) in [5.41, 5.74) is 7.04. The topological polar surface area (TPSA) is 145 Å². The fourth-order valence-corrected chi connectivity index (χ4v) is 4.40. The van der Waals surface area contributed by atoms with Crippen LogP contribution in [0, 0.1) is 0 Å². The molecule has 0 amide bonds. The summed E-state index contributed by atoms with van der Waals surface area (Å²) in [6.07, 6.45) is 2.89. The van der Waals surface area contributed by atoms with E-state index in [-0.39, 0.29) is 34.8 Å². The molecule has 0 saturated heterocycles. The predicted molar refractivity (Wildman–Crippen MR) is 123 cm³/mol. The summed E-state index contributed by atoms with van der Waals surface area (Å²) in [4.78, 5) is 23.6. The zero-order valence-corrected chi connectivity index (χ0v) is 19.4. The Balaban J connectivity index is 1.61. The number of imidazole rings is 1. The smallest absolute Gasteiger partial charge is 0.327 e. The van der Waals surface area contributed by atoms with E-state index in [9.17, 15) is 13.2 Å². The normalized spacial score (nSPS) is 11.8. The van der Waals surface area contributed by atoms with Crippen LogP contribution in [0.3, 0.4) is 0 Å². The molecule has 0 aliphatic carbocycles. The number of aromatic nitrogens is 4. The van der Waals surface area contributed by atoms with Gasteiger partial charge in [-0.2, -0.15) is 9.97 Å². The number of nitrogen functional groups attached to an aromatic ring is 1. The number of anilines is 1. The molecule has 0 aliphatic rings. The van der Waals surface area contributed by atoms with Crippen molar-refractivity contribution in [3.8, 4) is 6.01 Å². The number of alkyl halides is 1. The number of unbranched alkanes of at least 4 members (excludes halogenated alkanes) is 2. The first kappa shape index (κ1) is 24.0. The number of aryl methyl sites for hydroxylation is 1. The molecule has 1 aromatic carbocycles.